The van der Waals surface area contributed by atoms with E-state index in [0.29, 0.717) is 34.8 Å². The van der Waals surface area contributed by atoms with E-state index in [9.17, 15) is 18.0 Å². The molecule has 1 amide bonds. The summed E-state index contributed by atoms with van der Waals surface area (Å²) in [5.41, 5.74) is 1.24. The van der Waals surface area contributed by atoms with E-state index in [4.69, 9.17) is 23.7 Å². The maximum absolute atomic E-state index is 14.0. The number of alkyl halides is 3. The zero-order chi connectivity index (χ0) is 27.6. The smallest absolute Gasteiger partial charge is 0.416 e. The van der Waals surface area contributed by atoms with Crippen LogP contribution in [0.3, 0.4) is 0 Å². The van der Waals surface area contributed by atoms with Crippen molar-refractivity contribution in [2.24, 2.45) is 0 Å². The Labute approximate surface area is 218 Å². The molecule has 10 heteroatoms. The molecule has 0 aliphatic carbocycles. The largest absolute Gasteiger partial charge is 0.493 e. The molecule has 0 saturated heterocycles. The zero-order valence-electron chi connectivity index (χ0n) is 21.6. The number of hydrogen-bond donors (Lipinski definition) is 0. The van der Waals surface area contributed by atoms with Gasteiger partial charge in [0.1, 0.15) is 0 Å². The number of hydrogen-bond acceptors (Lipinski definition) is 6. The van der Waals surface area contributed by atoms with Crippen molar-refractivity contribution in [1.82, 2.24) is 4.90 Å². The van der Waals surface area contributed by atoms with Crippen LogP contribution in [0.25, 0.3) is 0 Å². The molecular weight excluding hydrogens is 503 g/mol. The molecule has 4 rings (SSSR count). The third-order valence-electron chi connectivity index (χ3n) is 6.58. The molecule has 3 aromatic rings. The third-order valence-corrected chi connectivity index (χ3v) is 6.58. The van der Waals surface area contributed by atoms with Gasteiger partial charge in [-0.25, -0.2) is 0 Å². The third kappa shape index (κ3) is 4.90. The van der Waals surface area contributed by atoms with Crippen LogP contribution in [-0.4, -0.2) is 52.9 Å². The average Bonchev–Trinajstić information content (AvgIpc) is 2.93. The van der Waals surface area contributed by atoms with Crippen molar-refractivity contribution in [3.63, 3.8) is 0 Å². The minimum Gasteiger partial charge on any atom is -0.493 e. The van der Waals surface area contributed by atoms with Gasteiger partial charge in [0.25, 0.3) is 5.91 Å². The van der Waals surface area contributed by atoms with E-state index < -0.39 is 23.7 Å². The predicted octanol–water partition coefficient (Wildman–Crippen LogP) is 5.54. The summed E-state index contributed by atoms with van der Waals surface area (Å²) in [7, 11) is 7.32. The summed E-state index contributed by atoms with van der Waals surface area (Å²) in [4.78, 5) is 15.5. The van der Waals surface area contributed by atoms with Crippen LogP contribution in [0.1, 0.15) is 38.7 Å². The molecule has 0 spiro atoms. The quantitative estimate of drug-likeness (QED) is 0.399. The molecule has 0 radical (unpaired) electrons. The lowest BCUT2D eigenvalue weighted by molar-refractivity contribution is -0.137. The van der Waals surface area contributed by atoms with Gasteiger partial charge in [0.05, 0.1) is 47.2 Å². The Morgan fingerprint density at radius 1 is 0.816 bits per heavy atom. The van der Waals surface area contributed by atoms with Crippen molar-refractivity contribution in [2.75, 3.05) is 42.1 Å². The molecular formula is C28H28F3NO6. The molecule has 3 aromatic carbocycles. The van der Waals surface area contributed by atoms with Crippen LogP contribution in [0.4, 0.5) is 13.2 Å². The number of nitrogens with zero attached hydrogens (tertiary/aromatic N) is 1. The van der Waals surface area contributed by atoms with Gasteiger partial charge < -0.3 is 28.6 Å². The molecule has 1 aliphatic heterocycles. The fourth-order valence-electron chi connectivity index (χ4n) is 4.78. The number of carbonyl (C=O) groups is 1. The van der Waals surface area contributed by atoms with Crippen molar-refractivity contribution in [3.05, 3.63) is 76.3 Å². The molecule has 202 valence electrons. The molecule has 7 nitrogen and oxygen atoms in total. The van der Waals surface area contributed by atoms with Gasteiger partial charge in [-0.1, -0.05) is 12.1 Å². The zero-order valence-corrected chi connectivity index (χ0v) is 21.6. The van der Waals surface area contributed by atoms with Gasteiger partial charge in [-0.2, -0.15) is 13.2 Å². The lowest BCUT2D eigenvalue weighted by Gasteiger charge is -2.38. The van der Waals surface area contributed by atoms with Crippen LogP contribution < -0.4 is 23.7 Å². The number of ether oxygens (including phenoxy) is 5. The highest BCUT2D eigenvalue weighted by Crippen LogP contribution is 2.44. The summed E-state index contributed by atoms with van der Waals surface area (Å²) in [6.45, 7) is 0.249. The first kappa shape index (κ1) is 27.0. The molecule has 0 fully saturated rings. The van der Waals surface area contributed by atoms with Crippen LogP contribution in [0.2, 0.25) is 0 Å². The van der Waals surface area contributed by atoms with Gasteiger partial charge in [-0.15, -0.1) is 0 Å². The Balaban J connectivity index is 1.90. The minimum atomic E-state index is -4.54. The van der Waals surface area contributed by atoms with Crippen LogP contribution >= 0.6 is 0 Å². The summed E-state index contributed by atoms with van der Waals surface area (Å²) in [5, 5.41) is 0. The normalized spacial score (nSPS) is 14.9. The molecule has 0 bridgehead atoms. The lowest BCUT2D eigenvalue weighted by Crippen LogP contribution is -2.40. The lowest BCUT2D eigenvalue weighted by atomic mass is 9.86. The number of methoxy groups -OCH3 is 5. The van der Waals surface area contributed by atoms with E-state index in [0.717, 1.165) is 17.7 Å². The second-order valence-electron chi connectivity index (χ2n) is 8.59. The number of rotatable bonds is 7. The number of benzene rings is 3. The van der Waals surface area contributed by atoms with Crippen LogP contribution in [0.15, 0.2) is 48.5 Å². The summed E-state index contributed by atoms with van der Waals surface area (Å²) in [6.07, 6.45) is -4.09. The Bertz CT molecular complexity index is 1320. The molecule has 0 unspecified atom stereocenters. The van der Waals surface area contributed by atoms with E-state index in [1.165, 1.54) is 53.7 Å². The second-order valence-corrected chi connectivity index (χ2v) is 8.59. The van der Waals surface area contributed by atoms with Gasteiger partial charge >= 0.3 is 6.18 Å². The Hall–Kier alpha value is -4.08. The Morgan fingerprint density at radius 2 is 1.42 bits per heavy atom. The molecule has 1 atom stereocenters. The van der Waals surface area contributed by atoms with Crippen molar-refractivity contribution < 1.29 is 41.7 Å². The van der Waals surface area contributed by atoms with Crippen LogP contribution in [0.5, 0.6) is 28.7 Å². The summed E-state index contributed by atoms with van der Waals surface area (Å²) in [6, 6.07) is 10.8. The summed E-state index contributed by atoms with van der Waals surface area (Å²) < 4.78 is 68.0. The first-order valence-corrected chi connectivity index (χ1v) is 11.7. The fraction of sp³-hybridized carbons (Fsp3) is 0.321. The van der Waals surface area contributed by atoms with E-state index in [1.807, 2.05) is 0 Å². The van der Waals surface area contributed by atoms with Crippen LogP contribution in [0, 0.1) is 0 Å². The van der Waals surface area contributed by atoms with Gasteiger partial charge in [-0.05, 0) is 59.5 Å². The molecule has 38 heavy (non-hydrogen) atoms. The van der Waals surface area contributed by atoms with Gasteiger partial charge in [-0.3, -0.25) is 4.79 Å². The van der Waals surface area contributed by atoms with Gasteiger partial charge in [0.15, 0.2) is 23.0 Å². The van der Waals surface area contributed by atoms with Crippen molar-refractivity contribution in [2.45, 2.75) is 18.6 Å². The number of fused-ring (bicyclic) bond motifs is 1. The van der Waals surface area contributed by atoms with Crippen molar-refractivity contribution >= 4 is 5.91 Å². The highest BCUT2D eigenvalue weighted by molar-refractivity contribution is 5.96. The Kier molecular flexibility index (Phi) is 7.61. The van der Waals surface area contributed by atoms with Gasteiger partial charge in [0, 0.05) is 12.1 Å². The number of halogens is 3. The summed E-state index contributed by atoms with van der Waals surface area (Å²) in [5.74, 6) is 1.39. The first-order chi connectivity index (χ1) is 18.2. The van der Waals surface area contributed by atoms with Crippen LogP contribution in [-0.2, 0) is 12.6 Å². The highest BCUT2D eigenvalue weighted by atomic mass is 19.4. The molecule has 0 aromatic heterocycles. The average molecular weight is 532 g/mol. The maximum atomic E-state index is 14.0. The molecule has 0 N–H and O–H groups in total. The standard InChI is InChI=1S/C28H28F3NO6/c1-34-21-12-16-9-10-32(27(33)18-13-23(36-3)26(38-5)24(14-18)37-4)25(20(16)15-22(21)35-2)17-7-6-8-19(11-17)28(29,30)31/h6-8,11-15,25H,9-10H2,1-5H3/t25-/m0/s1. The minimum absolute atomic E-state index is 0.236. The predicted molar refractivity (Wildman–Crippen MR) is 134 cm³/mol. The topological polar surface area (TPSA) is 66.5 Å². The second kappa shape index (κ2) is 10.7. The summed E-state index contributed by atoms with van der Waals surface area (Å²) >= 11 is 0. The highest BCUT2D eigenvalue weighted by Gasteiger charge is 2.37. The maximum Gasteiger partial charge on any atom is 0.416 e. The molecule has 1 heterocycles. The SMILES string of the molecule is COc1cc2c(cc1OC)[C@H](c1cccc(C(F)(F)F)c1)N(C(=O)c1cc(OC)c(OC)c(OC)c1)CC2. The first-order valence-electron chi connectivity index (χ1n) is 11.7. The molecule has 0 saturated carbocycles. The van der Waals surface area contributed by atoms with E-state index in [1.54, 1.807) is 23.1 Å². The monoisotopic (exact) mass is 531 g/mol. The van der Waals surface area contributed by atoms with Crippen molar-refractivity contribution in [3.8, 4) is 28.7 Å². The Morgan fingerprint density at radius 3 is 1.97 bits per heavy atom. The number of amides is 1. The van der Waals surface area contributed by atoms with E-state index in [-0.39, 0.29) is 23.6 Å². The van der Waals surface area contributed by atoms with E-state index >= 15 is 0 Å². The van der Waals surface area contributed by atoms with Crippen molar-refractivity contribution in [1.29, 1.82) is 0 Å². The number of carbonyl (C=O) groups excluding carboxylic acids is 1. The fourth-order valence-corrected chi connectivity index (χ4v) is 4.78. The van der Waals surface area contributed by atoms with Gasteiger partial charge in [0.2, 0.25) is 5.75 Å². The molecule has 1 aliphatic rings. The van der Waals surface area contributed by atoms with E-state index in [2.05, 4.69) is 0 Å².